The van der Waals surface area contributed by atoms with Gasteiger partial charge in [-0.1, -0.05) is 6.07 Å². The molecule has 1 aromatic carbocycles. The Morgan fingerprint density at radius 3 is 2.75 bits per heavy atom. The fraction of sp³-hybridized carbons (Fsp3) is 0.533. The average molecular weight is 281 g/mol. The Hall–Kier alpha value is -1.62. The minimum absolute atomic E-state index is 0.0467. The molecule has 5 heteroatoms. The van der Waals surface area contributed by atoms with Gasteiger partial charge in [-0.05, 0) is 32.0 Å². The predicted molar refractivity (Wildman–Crippen MR) is 74.0 cm³/mol. The van der Waals surface area contributed by atoms with E-state index in [1.54, 1.807) is 19.1 Å². The van der Waals surface area contributed by atoms with Crippen molar-refractivity contribution in [3.05, 3.63) is 30.1 Å². The van der Waals surface area contributed by atoms with Crippen LogP contribution >= 0.6 is 0 Å². The maximum atomic E-state index is 13.2. The predicted octanol–water partition coefficient (Wildman–Crippen LogP) is 2.74. The number of rotatable bonds is 6. The number of benzene rings is 1. The smallest absolute Gasteiger partial charge is 0.331 e. The van der Waals surface area contributed by atoms with Crippen molar-refractivity contribution in [2.24, 2.45) is 0 Å². The molecule has 1 N–H and O–H groups in total. The Morgan fingerprint density at radius 2 is 2.15 bits per heavy atom. The average Bonchev–Trinajstić information content (AvgIpc) is 2.36. The molecule has 1 aromatic rings. The molecule has 20 heavy (non-hydrogen) atoms. The van der Waals surface area contributed by atoms with Crippen molar-refractivity contribution in [1.82, 2.24) is 0 Å². The molecule has 0 aliphatic heterocycles. The SMILES string of the molecule is CCOC(=O)C1(Nc2cccc(F)c2)CC(OCC)C1. The minimum atomic E-state index is -0.802. The van der Waals surface area contributed by atoms with Gasteiger partial charge in [-0.2, -0.15) is 0 Å². The van der Waals surface area contributed by atoms with Crippen LogP contribution in [0.1, 0.15) is 26.7 Å². The normalized spacial score (nSPS) is 24.9. The number of halogens is 1. The van der Waals surface area contributed by atoms with E-state index >= 15 is 0 Å². The zero-order valence-electron chi connectivity index (χ0n) is 11.8. The van der Waals surface area contributed by atoms with Gasteiger partial charge in [-0.25, -0.2) is 9.18 Å². The van der Waals surface area contributed by atoms with Gasteiger partial charge in [0.05, 0.1) is 12.7 Å². The first kappa shape index (κ1) is 14.8. The van der Waals surface area contributed by atoms with E-state index < -0.39 is 5.54 Å². The Bertz CT molecular complexity index is 472. The summed E-state index contributed by atoms with van der Waals surface area (Å²) in [6, 6.07) is 6.08. The van der Waals surface area contributed by atoms with Gasteiger partial charge in [-0.3, -0.25) is 0 Å². The molecule has 0 radical (unpaired) electrons. The fourth-order valence-electron chi connectivity index (χ4n) is 2.50. The Balaban J connectivity index is 2.10. The molecule has 1 aliphatic rings. The quantitative estimate of drug-likeness (QED) is 0.814. The molecule has 1 fully saturated rings. The summed E-state index contributed by atoms with van der Waals surface area (Å²) >= 11 is 0. The van der Waals surface area contributed by atoms with E-state index in [9.17, 15) is 9.18 Å². The van der Waals surface area contributed by atoms with Crippen molar-refractivity contribution in [2.75, 3.05) is 18.5 Å². The highest BCUT2D eigenvalue weighted by molar-refractivity contribution is 5.86. The summed E-state index contributed by atoms with van der Waals surface area (Å²) in [6.45, 7) is 4.63. The number of carbonyl (C=O) groups excluding carboxylic acids is 1. The second-order valence-corrected chi connectivity index (χ2v) is 4.92. The Morgan fingerprint density at radius 1 is 1.40 bits per heavy atom. The summed E-state index contributed by atoms with van der Waals surface area (Å²) in [7, 11) is 0. The van der Waals surface area contributed by atoms with E-state index in [-0.39, 0.29) is 17.9 Å². The van der Waals surface area contributed by atoms with Gasteiger partial charge in [-0.15, -0.1) is 0 Å². The number of nitrogens with one attached hydrogen (secondary N) is 1. The van der Waals surface area contributed by atoms with Crippen LogP contribution in [-0.2, 0) is 14.3 Å². The number of carbonyl (C=O) groups is 1. The van der Waals surface area contributed by atoms with E-state index in [1.807, 2.05) is 6.92 Å². The molecule has 2 rings (SSSR count). The van der Waals surface area contributed by atoms with Crippen LogP contribution in [-0.4, -0.2) is 30.8 Å². The highest BCUT2D eigenvalue weighted by Crippen LogP contribution is 2.38. The molecule has 1 saturated carbocycles. The maximum absolute atomic E-state index is 13.2. The second kappa shape index (κ2) is 6.22. The lowest BCUT2D eigenvalue weighted by atomic mass is 9.73. The zero-order chi connectivity index (χ0) is 14.6. The Labute approximate surface area is 118 Å². The number of hydrogen-bond donors (Lipinski definition) is 1. The van der Waals surface area contributed by atoms with Crippen LogP contribution in [0.2, 0.25) is 0 Å². The molecule has 0 bridgehead atoms. The topological polar surface area (TPSA) is 47.6 Å². The number of anilines is 1. The lowest BCUT2D eigenvalue weighted by Gasteiger charge is -2.45. The highest BCUT2D eigenvalue weighted by Gasteiger charge is 2.52. The molecule has 0 unspecified atom stereocenters. The largest absolute Gasteiger partial charge is 0.464 e. The third-order valence-electron chi connectivity index (χ3n) is 3.43. The Kier molecular flexibility index (Phi) is 4.60. The van der Waals surface area contributed by atoms with E-state index in [0.29, 0.717) is 31.7 Å². The number of ether oxygens (including phenoxy) is 2. The van der Waals surface area contributed by atoms with Crippen LogP contribution < -0.4 is 5.32 Å². The lowest BCUT2D eigenvalue weighted by molar-refractivity contribution is -0.158. The molecule has 4 nitrogen and oxygen atoms in total. The minimum Gasteiger partial charge on any atom is -0.464 e. The van der Waals surface area contributed by atoms with Gasteiger partial charge >= 0.3 is 5.97 Å². The molecule has 110 valence electrons. The lowest BCUT2D eigenvalue weighted by Crippen LogP contribution is -2.60. The van der Waals surface area contributed by atoms with Gasteiger partial charge in [0.1, 0.15) is 11.4 Å². The maximum Gasteiger partial charge on any atom is 0.331 e. The van der Waals surface area contributed by atoms with Crippen molar-refractivity contribution in [3.63, 3.8) is 0 Å². The van der Waals surface area contributed by atoms with Gasteiger partial charge in [0.2, 0.25) is 0 Å². The molecule has 0 spiro atoms. The van der Waals surface area contributed by atoms with E-state index in [1.165, 1.54) is 12.1 Å². The first-order chi connectivity index (χ1) is 9.59. The van der Waals surface area contributed by atoms with Gasteiger partial charge in [0.15, 0.2) is 0 Å². The monoisotopic (exact) mass is 281 g/mol. The van der Waals surface area contributed by atoms with Crippen molar-refractivity contribution < 1.29 is 18.7 Å². The molecule has 1 aliphatic carbocycles. The summed E-state index contributed by atoms with van der Waals surface area (Å²) in [5, 5.41) is 3.11. The van der Waals surface area contributed by atoms with Crippen LogP contribution in [0.5, 0.6) is 0 Å². The first-order valence-corrected chi connectivity index (χ1v) is 6.92. The standard InChI is InChI=1S/C15H20FNO3/c1-3-19-13-9-15(10-13,14(18)20-4-2)17-12-7-5-6-11(16)8-12/h5-8,13,17H,3-4,9-10H2,1-2H3. The summed E-state index contributed by atoms with van der Waals surface area (Å²) in [4.78, 5) is 12.2. The molecule has 0 aromatic heterocycles. The van der Waals surface area contributed by atoms with Crippen LogP contribution in [0.4, 0.5) is 10.1 Å². The van der Waals surface area contributed by atoms with E-state index in [2.05, 4.69) is 5.32 Å². The summed E-state index contributed by atoms with van der Waals surface area (Å²) < 4.78 is 23.9. The highest BCUT2D eigenvalue weighted by atomic mass is 19.1. The van der Waals surface area contributed by atoms with Crippen LogP contribution in [0.15, 0.2) is 24.3 Å². The van der Waals surface area contributed by atoms with Crippen molar-refractivity contribution >= 4 is 11.7 Å². The summed E-state index contributed by atoms with van der Waals surface area (Å²) in [5.74, 6) is -0.644. The van der Waals surface area contributed by atoms with Crippen molar-refractivity contribution in [3.8, 4) is 0 Å². The molecule has 0 amide bonds. The summed E-state index contributed by atoms with van der Waals surface area (Å²) in [6.07, 6.45) is 1.12. The molecule has 0 saturated heterocycles. The molecule has 0 atom stereocenters. The van der Waals surface area contributed by atoms with Crippen LogP contribution in [0.25, 0.3) is 0 Å². The van der Waals surface area contributed by atoms with Gasteiger partial charge in [0.25, 0.3) is 0 Å². The van der Waals surface area contributed by atoms with Crippen LogP contribution in [0, 0.1) is 5.82 Å². The molecular formula is C15H20FNO3. The van der Waals surface area contributed by atoms with Crippen molar-refractivity contribution in [1.29, 1.82) is 0 Å². The zero-order valence-corrected chi connectivity index (χ0v) is 11.8. The summed E-state index contributed by atoms with van der Waals surface area (Å²) in [5.41, 5.74) is -0.225. The fourth-order valence-corrected chi connectivity index (χ4v) is 2.50. The van der Waals surface area contributed by atoms with Gasteiger partial charge in [0, 0.05) is 25.1 Å². The van der Waals surface area contributed by atoms with E-state index in [4.69, 9.17) is 9.47 Å². The second-order valence-electron chi connectivity index (χ2n) is 4.92. The third-order valence-corrected chi connectivity index (χ3v) is 3.43. The molecule has 0 heterocycles. The first-order valence-electron chi connectivity index (χ1n) is 6.92. The van der Waals surface area contributed by atoms with Gasteiger partial charge < -0.3 is 14.8 Å². The third kappa shape index (κ3) is 3.10. The van der Waals surface area contributed by atoms with E-state index in [0.717, 1.165) is 0 Å². The number of hydrogen-bond acceptors (Lipinski definition) is 4. The molecular weight excluding hydrogens is 261 g/mol. The van der Waals surface area contributed by atoms with Crippen LogP contribution in [0.3, 0.4) is 0 Å². The van der Waals surface area contributed by atoms with Crippen molar-refractivity contribution in [2.45, 2.75) is 38.3 Å². The number of esters is 1.